The number of methoxy groups -OCH3 is 1. The Morgan fingerprint density at radius 1 is 1.19 bits per heavy atom. The minimum Gasteiger partial charge on any atom is -0.507 e. The molecule has 0 aliphatic heterocycles. The molecule has 0 aliphatic rings. The quantitative estimate of drug-likeness (QED) is 0.697. The largest absolute Gasteiger partial charge is 0.507 e. The van der Waals surface area contributed by atoms with Gasteiger partial charge in [0, 0.05) is 26.1 Å². The molecule has 8 heteroatoms. The normalized spacial score (nSPS) is 12.3. The van der Waals surface area contributed by atoms with Gasteiger partial charge in [0.25, 0.3) is 0 Å². The molecule has 3 rings (SSSR count). The Labute approximate surface area is 154 Å². The lowest BCUT2D eigenvalue weighted by atomic mass is 9.88. The van der Waals surface area contributed by atoms with Gasteiger partial charge in [-0.05, 0) is 24.6 Å². The van der Waals surface area contributed by atoms with E-state index >= 15 is 0 Å². The molecule has 0 spiro atoms. The van der Waals surface area contributed by atoms with Crippen molar-refractivity contribution in [2.45, 2.75) is 19.3 Å². The highest BCUT2D eigenvalue weighted by Crippen LogP contribution is 2.33. The number of hydrogen-bond acceptors (Lipinski definition) is 6. The maximum absolute atomic E-state index is 12.4. The zero-order valence-electron chi connectivity index (χ0n) is 15.5. The van der Waals surface area contributed by atoms with E-state index in [9.17, 15) is 19.5 Å². The van der Waals surface area contributed by atoms with Crippen molar-refractivity contribution in [3.8, 4) is 5.75 Å². The second kappa shape index (κ2) is 6.79. The number of aryl methyl sites for hydroxylation is 3. The van der Waals surface area contributed by atoms with Crippen LogP contribution in [0, 0.1) is 6.92 Å². The van der Waals surface area contributed by atoms with E-state index in [1.54, 1.807) is 39.2 Å². The Kier molecular flexibility index (Phi) is 4.65. The first kappa shape index (κ1) is 18.5. The predicted octanol–water partition coefficient (Wildman–Crippen LogP) is 1.54. The van der Waals surface area contributed by atoms with Gasteiger partial charge in [-0.2, -0.15) is 0 Å². The lowest BCUT2D eigenvalue weighted by Gasteiger charge is -2.17. The van der Waals surface area contributed by atoms with Crippen LogP contribution in [-0.2, 0) is 23.6 Å². The van der Waals surface area contributed by atoms with E-state index in [1.807, 2.05) is 0 Å². The molecule has 0 saturated carbocycles. The predicted molar refractivity (Wildman–Crippen MR) is 98.0 cm³/mol. The van der Waals surface area contributed by atoms with E-state index in [4.69, 9.17) is 9.15 Å². The summed E-state index contributed by atoms with van der Waals surface area (Å²) in [6, 6.07) is 6.51. The van der Waals surface area contributed by atoms with E-state index in [0.717, 1.165) is 0 Å². The number of rotatable bonds is 4. The number of nitrogens with zero attached hydrogens (tertiary/aromatic N) is 2. The Morgan fingerprint density at radius 2 is 1.85 bits per heavy atom. The van der Waals surface area contributed by atoms with Crippen LogP contribution >= 0.6 is 0 Å². The van der Waals surface area contributed by atoms with Gasteiger partial charge in [0.05, 0.1) is 30.1 Å². The number of ether oxygens (including phenoxy) is 1. The molecule has 1 atom stereocenters. The molecule has 0 unspecified atom stereocenters. The first-order valence-corrected chi connectivity index (χ1v) is 8.30. The van der Waals surface area contributed by atoms with Crippen LogP contribution in [0.4, 0.5) is 0 Å². The third-order valence-electron chi connectivity index (χ3n) is 4.73. The van der Waals surface area contributed by atoms with Crippen LogP contribution < -0.4 is 11.3 Å². The molecule has 0 fully saturated rings. The highest BCUT2D eigenvalue weighted by atomic mass is 16.5. The van der Waals surface area contributed by atoms with Crippen molar-refractivity contribution in [2.24, 2.45) is 14.1 Å². The molecule has 0 aliphatic carbocycles. The number of aromatic hydroxyl groups is 1. The van der Waals surface area contributed by atoms with Crippen molar-refractivity contribution in [1.82, 2.24) is 9.13 Å². The second-order valence-corrected chi connectivity index (χ2v) is 6.43. The molecule has 2 aromatic heterocycles. The Morgan fingerprint density at radius 3 is 2.48 bits per heavy atom. The van der Waals surface area contributed by atoms with Crippen molar-refractivity contribution in [3.05, 3.63) is 62.1 Å². The first-order chi connectivity index (χ1) is 12.7. The summed E-state index contributed by atoms with van der Waals surface area (Å²) in [4.78, 5) is 36.5. The maximum Gasteiger partial charge on any atom is 0.343 e. The fraction of sp³-hybridized carbons (Fsp3) is 0.316. The Bertz CT molecular complexity index is 1150. The Balaban J connectivity index is 2.25. The highest BCUT2D eigenvalue weighted by Gasteiger charge is 2.27. The molecule has 0 saturated heterocycles. The summed E-state index contributed by atoms with van der Waals surface area (Å²) in [5.41, 5.74) is 1.01. The minimum absolute atomic E-state index is 0.0220. The number of carbonyl (C=O) groups excluding carboxylic acids is 1. The van der Waals surface area contributed by atoms with Crippen molar-refractivity contribution in [1.29, 1.82) is 0 Å². The van der Waals surface area contributed by atoms with Gasteiger partial charge in [-0.15, -0.1) is 0 Å². The van der Waals surface area contributed by atoms with E-state index in [-0.39, 0.29) is 29.2 Å². The number of imidazole rings is 1. The van der Waals surface area contributed by atoms with E-state index in [2.05, 4.69) is 0 Å². The fourth-order valence-electron chi connectivity index (χ4n) is 3.30. The highest BCUT2D eigenvalue weighted by molar-refractivity contribution is 5.78. The fourth-order valence-corrected chi connectivity index (χ4v) is 3.30. The zero-order chi connectivity index (χ0) is 19.9. The lowest BCUT2D eigenvalue weighted by molar-refractivity contribution is -0.140. The number of fused-ring (bicyclic) bond motifs is 1. The van der Waals surface area contributed by atoms with Crippen LogP contribution in [0.2, 0.25) is 0 Å². The monoisotopic (exact) mass is 372 g/mol. The van der Waals surface area contributed by atoms with Crippen LogP contribution in [0.5, 0.6) is 5.75 Å². The van der Waals surface area contributed by atoms with Crippen LogP contribution in [0.25, 0.3) is 11.0 Å². The first-order valence-electron chi connectivity index (χ1n) is 8.30. The van der Waals surface area contributed by atoms with Crippen LogP contribution in [-0.4, -0.2) is 27.3 Å². The molecule has 1 N–H and O–H groups in total. The molecule has 27 heavy (non-hydrogen) atoms. The summed E-state index contributed by atoms with van der Waals surface area (Å²) in [6.07, 6.45) is -0.163. The maximum atomic E-state index is 12.4. The molecule has 3 aromatic rings. The molecule has 1 aromatic carbocycles. The lowest BCUT2D eigenvalue weighted by Crippen LogP contribution is -2.19. The summed E-state index contributed by atoms with van der Waals surface area (Å²) in [5, 5.41) is 10.3. The zero-order valence-corrected chi connectivity index (χ0v) is 15.5. The standard InChI is InChI=1S/C19H20N2O6/c1-10-7-15(22)17(18(24)27-10)12(9-16(23)26-4)11-5-6-13-14(8-11)21(3)19(25)20(13)2/h5-8,12,22H,9H2,1-4H3/t12-/m0/s1. The van der Waals surface area contributed by atoms with Crippen molar-refractivity contribution >= 4 is 17.0 Å². The summed E-state index contributed by atoms with van der Waals surface area (Å²) >= 11 is 0. The molecule has 8 nitrogen and oxygen atoms in total. The van der Waals surface area contributed by atoms with Crippen molar-refractivity contribution in [3.63, 3.8) is 0 Å². The number of benzene rings is 1. The number of esters is 1. The van der Waals surface area contributed by atoms with E-state index < -0.39 is 17.5 Å². The average molecular weight is 372 g/mol. The summed E-state index contributed by atoms with van der Waals surface area (Å²) in [6.45, 7) is 1.55. The molecule has 2 heterocycles. The van der Waals surface area contributed by atoms with Crippen LogP contribution in [0.3, 0.4) is 0 Å². The Hall–Kier alpha value is -3.29. The van der Waals surface area contributed by atoms with Crippen molar-refractivity contribution < 1.29 is 19.1 Å². The van der Waals surface area contributed by atoms with Gasteiger partial charge in [0.2, 0.25) is 0 Å². The molecule has 0 radical (unpaired) electrons. The van der Waals surface area contributed by atoms with Gasteiger partial charge in [0.1, 0.15) is 11.5 Å². The smallest absolute Gasteiger partial charge is 0.343 e. The number of hydrogen-bond donors (Lipinski definition) is 1. The number of carbonyl (C=O) groups is 1. The van der Waals surface area contributed by atoms with Crippen molar-refractivity contribution in [2.75, 3.05) is 7.11 Å². The van der Waals surface area contributed by atoms with Gasteiger partial charge in [-0.3, -0.25) is 13.9 Å². The second-order valence-electron chi connectivity index (χ2n) is 6.43. The third-order valence-corrected chi connectivity index (χ3v) is 4.73. The third kappa shape index (κ3) is 3.14. The van der Waals surface area contributed by atoms with Crippen LogP contribution in [0.1, 0.15) is 29.2 Å². The average Bonchev–Trinajstić information content (AvgIpc) is 2.84. The SMILES string of the molecule is COC(=O)C[C@@H](c1ccc2c(c1)n(C)c(=O)n2C)c1c(O)cc(C)oc1=O. The number of aromatic nitrogens is 2. The van der Waals surface area contributed by atoms with E-state index in [1.165, 1.54) is 22.3 Å². The summed E-state index contributed by atoms with van der Waals surface area (Å²) in [7, 11) is 4.55. The molecular weight excluding hydrogens is 352 g/mol. The van der Waals surface area contributed by atoms with Gasteiger partial charge < -0.3 is 14.3 Å². The minimum atomic E-state index is -0.783. The molecule has 0 bridgehead atoms. The van der Waals surface area contributed by atoms with E-state index in [0.29, 0.717) is 16.6 Å². The summed E-state index contributed by atoms with van der Waals surface area (Å²) < 4.78 is 12.8. The van der Waals surface area contributed by atoms with Gasteiger partial charge in [-0.25, -0.2) is 9.59 Å². The summed E-state index contributed by atoms with van der Waals surface area (Å²) in [5.74, 6) is -1.31. The van der Waals surface area contributed by atoms with Gasteiger partial charge in [-0.1, -0.05) is 6.07 Å². The van der Waals surface area contributed by atoms with Crippen LogP contribution in [0.15, 0.2) is 38.3 Å². The van der Waals surface area contributed by atoms with Gasteiger partial charge >= 0.3 is 17.3 Å². The van der Waals surface area contributed by atoms with Gasteiger partial charge in [0.15, 0.2) is 0 Å². The molecule has 0 amide bonds. The topological polar surface area (TPSA) is 104 Å². The molecular formula is C19H20N2O6. The molecule has 142 valence electrons.